The highest BCUT2D eigenvalue weighted by molar-refractivity contribution is 9.10. The summed E-state index contributed by atoms with van der Waals surface area (Å²) in [4.78, 5) is 48.0. The molecule has 7 nitrogen and oxygen atoms in total. The van der Waals surface area contributed by atoms with E-state index >= 15 is 0 Å². The summed E-state index contributed by atoms with van der Waals surface area (Å²) >= 11 is 4.88. The average molecular weight is 538 g/mol. The maximum Gasteiger partial charge on any atom is 0.262 e. The van der Waals surface area contributed by atoms with E-state index in [9.17, 15) is 14.4 Å². The highest BCUT2D eigenvalue weighted by Gasteiger charge is 2.37. The molecule has 0 saturated carbocycles. The summed E-state index contributed by atoms with van der Waals surface area (Å²) in [6.07, 6.45) is 0.737. The second kappa shape index (κ2) is 10.1. The van der Waals surface area contributed by atoms with E-state index in [1.807, 2.05) is 37.2 Å². The first-order valence-corrected chi connectivity index (χ1v) is 11.4. The molecule has 3 amide bonds. The van der Waals surface area contributed by atoms with Crippen molar-refractivity contribution in [2.45, 2.75) is 6.42 Å². The Labute approximate surface area is 204 Å². The number of fused-ring (bicyclic) bond motifs is 2. The van der Waals surface area contributed by atoms with Gasteiger partial charge in [0, 0.05) is 11.0 Å². The van der Waals surface area contributed by atoms with Crippen LogP contribution in [0.5, 0.6) is 0 Å². The van der Waals surface area contributed by atoms with Crippen LogP contribution in [0.25, 0.3) is 10.2 Å². The van der Waals surface area contributed by atoms with Gasteiger partial charge >= 0.3 is 0 Å². The fourth-order valence-electron chi connectivity index (χ4n) is 3.48. The van der Waals surface area contributed by atoms with Crippen LogP contribution >= 0.6 is 39.7 Å². The van der Waals surface area contributed by atoms with Gasteiger partial charge in [0.2, 0.25) is 5.91 Å². The molecule has 0 unspecified atom stereocenters. The van der Waals surface area contributed by atoms with Gasteiger partial charge in [-0.25, -0.2) is 4.98 Å². The Morgan fingerprint density at radius 1 is 1.06 bits per heavy atom. The molecule has 0 saturated heterocycles. The number of benzene rings is 2. The number of hydrogen-bond donors (Lipinski definition) is 0. The second-order valence-corrected chi connectivity index (χ2v) is 9.48. The van der Waals surface area contributed by atoms with Crippen molar-refractivity contribution in [1.29, 1.82) is 0 Å². The summed E-state index contributed by atoms with van der Waals surface area (Å²) in [5.41, 5.74) is 1.47. The lowest BCUT2D eigenvalue weighted by atomic mass is 10.1. The number of imide groups is 1. The van der Waals surface area contributed by atoms with Crippen molar-refractivity contribution >= 4 is 72.7 Å². The zero-order valence-electron chi connectivity index (χ0n) is 17.6. The van der Waals surface area contributed by atoms with Gasteiger partial charge in [-0.15, -0.1) is 12.4 Å². The molecule has 0 radical (unpaired) electrons. The topological polar surface area (TPSA) is 73.8 Å². The van der Waals surface area contributed by atoms with Crippen molar-refractivity contribution in [3.8, 4) is 0 Å². The fraction of sp³-hybridized carbons (Fsp3) is 0.273. The number of nitrogens with zero attached hydrogens (tertiary/aromatic N) is 4. The summed E-state index contributed by atoms with van der Waals surface area (Å²) in [5.74, 6) is -1.20. The van der Waals surface area contributed by atoms with E-state index in [2.05, 4.69) is 20.9 Å². The van der Waals surface area contributed by atoms with E-state index < -0.39 is 11.8 Å². The van der Waals surface area contributed by atoms with Crippen LogP contribution in [-0.4, -0.2) is 66.2 Å². The zero-order valence-corrected chi connectivity index (χ0v) is 20.8. The van der Waals surface area contributed by atoms with Crippen molar-refractivity contribution in [2.75, 3.05) is 38.6 Å². The number of carbonyl (C=O) groups is 3. The largest absolute Gasteiger partial charge is 0.309 e. The molecule has 3 aromatic rings. The molecule has 2 aromatic carbocycles. The molecule has 0 bridgehead atoms. The minimum Gasteiger partial charge on any atom is -0.309 e. The molecule has 1 aliphatic rings. The van der Waals surface area contributed by atoms with Gasteiger partial charge in [-0.2, -0.15) is 0 Å². The van der Waals surface area contributed by atoms with Gasteiger partial charge in [0.05, 0.1) is 21.3 Å². The fourth-order valence-corrected chi connectivity index (χ4v) is 5.04. The third-order valence-electron chi connectivity index (χ3n) is 5.03. The maximum atomic E-state index is 13.3. The molecule has 0 N–H and O–H groups in total. The molecule has 2 heterocycles. The first kappa shape index (κ1) is 24.3. The molecular weight excluding hydrogens is 516 g/mol. The molecule has 10 heteroatoms. The van der Waals surface area contributed by atoms with Gasteiger partial charge in [-0.3, -0.25) is 24.2 Å². The molecule has 0 spiro atoms. The van der Waals surface area contributed by atoms with Gasteiger partial charge < -0.3 is 4.90 Å². The molecule has 0 fully saturated rings. The van der Waals surface area contributed by atoms with Gasteiger partial charge in [-0.1, -0.05) is 39.4 Å². The van der Waals surface area contributed by atoms with E-state index in [-0.39, 0.29) is 24.9 Å². The van der Waals surface area contributed by atoms with Crippen LogP contribution in [0.3, 0.4) is 0 Å². The van der Waals surface area contributed by atoms with Crippen LogP contribution in [0.2, 0.25) is 0 Å². The first-order valence-electron chi connectivity index (χ1n) is 9.81. The number of hydrogen-bond acceptors (Lipinski definition) is 6. The lowest BCUT2D eigenvalue weighted by molar-refractivity contribution is -0.119. The lowest BCUT2D eigenvalue weighted by Crippen LogP contribution is -2.43. The summed E-state index contributed by atoms with van der Waals surface area (Å²) in [5, 5.41) is 0.563. The average Bonchev–Trinajstić information content (AvgIpc) is 3.25. The van der Waals surface area contributed by atoms with Crippen LogP contribution in [0, 0.1) is 0 Å². The van der Waals surface area contributed by atoms with Crippen LogP contribution < -0.4 is 4.90 Å². The monoisotopic (exact) mass is 536 g/mol. The first-order chi connectivity index (χ1) is 14.8. The highest BCUT2D eigenvalue weighted by atomic mass is 79.9. The number of rotatable bonds is 7. The Bertz CT molecular complexity index is 1150. The number of thiazole rings is 1. The van der Waals surface area contributed by atoms with Gasteiger partial charge in [0.25, 0.3) is 11.8 Å². The molecule has 168 valence electrons. The zero-order chi connectivity index (χ0) is 22.1. The number of anilines is 1. The predicted octanol–water partition coefficient (Wildman–Crippen LogP) is 4.06. The van der Waals surface area contributed by atoms with Gasteiger partial charge in [0.1, 0.15) is 6.54 Å². The van der Waals surface area contributed by atoms with Crippen molar-refractivity contribution < 1.29 is 14.4 Å². The molecule has 1 aliphatic heterocycles. The molecule has 4 rings (SSSR count). The van der Waals surface area contributed by atoms with Crippen LogP contribution in [0.15, 0.2) is 46.9 Å². The minimum atomic E-state index is -0.435. The summed E-state index contributed by atoms with van der Waals surface area (Å²) in [6.45, 7) is 0.933. The van der Waals surface area contributed by atoms with Crippen molar-refractivity contribution in [3.05, 3.63) is 58.1 Å². The smallest absolute Gasteiger partial charge is 0.262 e. The summed E-state index contributed by atoms with van der Waals surface area (Å²) < 4.78 is 1.89. The number of aromatic nitrogens is 1. The third kappa shape index (κ3) is 4.85. The Morgan fingerprint density at radius 3 is 2.34 bits per heavy atom. The van der Waals surface area contributed by atoms with E-state index in [0.29, 0.717) is 22.8 Å². The van der Waals surface area contributed by atoms with Crippen LogP contribution in [-0.2, 0) is 4.79 Å². The number of halogens is 2. The lowest BCUT2D eigenvalue weighted by Gasteiger charge is -2.23. The van der Waals surface area contributed by atoms with Gasteiger partial charge in [0.15, 0.2) is 5.13 Å². The van der Waals surface area contributed by atoms with E-state index in [0.717, 1.165) is 32.6 Å². The highest BCUT2D eigenvalue weighted by Crippen LogP contribution is 2.31. The van der Waals surface area contributed by atoms with E-state index in [1.54, 1.807) is 29.2 Å². The van der Waals surface area contributed by atoms with Crippen molar-refractivity contribution in [3.63, 3.8) is 0 Å². The Balaban J connectivity index is 0.00000289. The van der Waals surface area contributed by atoms with E-state index in [1.165, 1.54) is 11.3 Å². The standard InChI is InChI=1S/C22H21BrN4O3S.ClH/c1-25(2)10-5-11-26(22-24-17-9-8-14(23)12-18(17)31-22)19(28)13-27-20(29)15-6-3-4-7-16(15)21(27)30;/h3-4,6-9,12H,5,10-11,13H2,1-2H3;1H. The second-order valence-electron chi connectivity index (χ2n) is 7.55. The Morgan fingerprint density at radius 2 is 1.72 bits per heavy atom. The minimum absolute atomic E-state index is 0. The third-order valence-corrected chi connectivity index (χ3v) is 6.56. The molecular formula is C22H22BrClN4O3S. The summed E-state index contributed by atoms with van der Waals surface area (Å²) in [6, 6.07) is 12.4. The van der Waals surface area contributed by atoms with Crippen LogP contribution in [0.4, 0.5) is 5.13 Å². The Kier molecular flexibility index (Phi) is 7.66. The number of carbonyl (C=O) groups excluding carboxylic acids is 3. The summed E-state index contributed by atoms with van der Waals surface area (Å²) in [7, 11) is 3.94. The van der Waals surface area contributed by atoms with Crippen LogP contribution in [0.1, 0.15) is 27.1 Å². The normalized spacial score (nSPS) is 12.9. The quantitative estimate of drug-likeness (QED) is 0.425. The number of amides is 3. The SMILES string of the molecule is CN(C)CCCN(C(=O)CN1C(=O)c2ccccc2C1=O)c1nc2ccc(Br)cc2s1.Cl. The maximum absolute atomic E-state index is 13.3. The molecule has 32 heavy (non-hydrogen) atoms. The molecule has 1 aromatic heterocycles. The van der Waals surface area contributed by atoms with Crippen molar-refractivity contribution in [2.24, 2.45) is 0 Å². The molecule has 0 atom stereocenters. The molecule has 0 aliphatic carbocycles. The predicted molar refractivity (Wildman–Crippen MR) is 132 cm³/mol. The van der Waals surface area contributed by atoms with E-state index in [4.69, 9.17) is 0 Å². The Hall–Kier alpha value is -2.33. The van der Waals surface area contributed by atoms with Gasteiger partial charge in [-0.05, 0) is 57.4 Å². The van der Waals surface area contributed by atoms with Crippen molar-refractivity contribution in [1.82, 2.24) is 14.8 Å².